The third kappa shape index (κ3) is 8.00. The minimum Gasteiger partial charge on any atom is -0.465 e. The second-order valence-corrected chi connectivity index (χ2v) is 15.6. The number of carbonyl (C=O) groups excluding carboxylic acids is 2. The lowest BCUT2D eigenvalue weighted by Gasteiger charge is -2.34. The van der Waals surface area contributed by atoms with Crippen LogP contribution in [0.15, 0.2) is 85.2 Å². The Morgan fingerprint density at radius 2 is 1.34 bits per heavy atom. The maximum atomic E-state index is 15.8. The van der Waals surface area contributed by atoms with Gasteiger partial charge in [-0.2, -0.15) is 0 Å². The fourth-order valence-electron chi connectivity index (χ4n) is 8.76. The average Bonchev–Trinajstić information content (AvgIpc) is 4.07. The number of hydrogen-bond acceptors (Lipinski definition) is 6. The summed E-state index contributed by atoms with van der Waals surface area (Å²) in [6.45, 7) is 10.5. The molecule has 0 spiro atoms. The number of likely N-dealkylation sites (N-methyl/N-ethyl adjacent to an activating group) is 2. The molecule has 3 N–H and O–H groups in total. The number of carboxylic acid groups (broad SMARTS) is 1. The van der Waals surface area contributed by atoms with Gasteiger partial charge in [-0.15, -0.1) is 0 Å². The standard InChI is InChI=1S/C45H53FN8O4/c1-6-52(7-2)40(31-13-9-8-10-14-31)44(56)54-24-12-16-38(54)42-48-27-36(50-42)33-22-21-32(25-34(33)46)29-17-19-30(20-18-29)35-26-47-41(49-35)37-15-11-23-53(37)43(55)39(28(3)4)51(5)45(57)58/h8-10,13-14,17-22,25-28,37-40H,6-7,11-12,15-16,23-24H2,1-5H3,(H,47,49)(H,48,50)(H,57,58)/t37-,38?,39-,40?/m0/s1. The number of H-pyrrole nitrogens is 2. The van der Waals surface area contributed by atoms with Gasteiger partial charge >= 0.3 is 6.09 Å². The van der Waals surface area contributed by atoms with Gasteiger partial charge in [0.2, 0.25) is 11.8 Å². The van der Waals surface area contributed by atoms with E-state index in [2.05, 4.69) is 38.7 Å². The van der Waals surface area contributed by atoms with Gasteiger partial charge in [0.05, 0.1) is 35.9 Å². The van der Waals surface area contributed by atoms with E-state index < -0.39 is 12.1 Å². The molecule has 7 rings (SSSR count). The Morgan fingerprint density at radius 1 is 0.793 bits per heavy atom. The molecule has 2 aromatic heterocycles. The molecule has 3 amide bonds. The van der Waals surface area contributed by atoms with Crippen molar-refractivity contribution < 1.29 is 23.9 Å². The lowest BCUT2D eigenvalue weighted by Crippen LogP contribution is -2.51. The van der Waals surface area contributed by atoms with Gasteiger partial charge in [0.25, 0.3) is 0 Å². The van der Waals surface area contributed by atoms with Crippen LogP contribution in [0, 0.1) is 11.7 Å². The Hall–Kier alpha value is -5.82. The van der Waals surface area contributed by atoms with Gasteiger partial charge in [0.1, 0.15) is 29.5 Å². The van der Waals surface area contributed by atoms with Crippen LogP contribution < -0.4 is 0 Å². The fourth-order valence-corrected chi connectivity index (χ4v) is 8.76. The molecule has 2 saturated heterocycles. The summed E-state index contributed by atoms with van der Waals surface area (Å²) in [5, 5.41) is 9.59. The fraction of sp³-hybridized carbons (Fsp3) is 0.400. The number of likely N-dealkylation sites (tertiary alicyclic amines) is 2. The summed E-state index contributed by atoms with van der Waals surface area (Å²) in [5.41, 5.74) is 5.17. The Labute approximate surface area is 339 Å². The molecule has 5 aromatic rings. The Kier molecular flexibility index (Phi) is 12.1. The maximum absolute atomic E-state index is 15.8. The predicted molar refractivity (Wildman–Crippen MR) is 221 cm³/mol. The smallest absolute Gasteiger partial charge is 0.407 e. The number of halogens is 1. The number of aromatic nitrogens is 4. The van der Waals surface area contributed by atoms with E-state index in [1.54, 1.807) is 23.4 Å². The number of imidazole rings is 2. The summed E-state index contributed by atoms with van der Waals surface area (Å²) < 4.78 is 15.8. The van der Waals surface area contributed by atoms with Gasteiger partial charge in [0, 0.05) is 25.7 Å². The third-order valence-corrected chi connectivity index (χ3v) is 11.8. The van der Waals surface area contributed by atoms with Crippen molar-refractivity contribution in [2.24, 2.45) is 5.92 Å². The monoisotopic (exact) mass is 788 g/mol. The van der Waals surface area contributed by atoms with E-state index in [-0.39, 0.29) is 41.7 Å². The first-order valence-corrected chi connectivity index (χ1v) is 20.4. The van der Waals surface area contributed by atoms with Crippen LogP contribution in [-0.4, -0.2) is 102 Å². The normalized spacial score (nSPS) is 17.9. The molecule has 0 saturated carbocycles. The van der Waals surface area contributed by atoms with Crippen molar-refractivity contribution in [1.82, 2.24) is 39.5 Å². The van der Waals surface area contributed by atoms with Crippen LogP contribution in [0.1, 0.15) is 88.7 Å². The Balaban J connectivity index is 1.04. The molecule has 0 radical (unpaired) electrons. The molecule has 2 aliphatic heterocycles. The highest BCUT2D eigenvalue weighted by molar-refractivity contribution is 5.86. The molecule has 304 valence electrons. The van der Waals surface area contributed by atoms with Crippen molar-refractivity contribution in [1.29, 1.82) is 0 Å². The first kappa shape index (κ1) is 40.4. The molecule has 4 atom stereocenters. The molecule has 4 heterocycles. The summed E-state index contributed by atoms with van der Waals surface area (Å²) in [6.07, 6.45) is 5.43. The number of benzene rings is 3. The zero-order valence-electron chi connectivity index (χ0n) is 33.9. The first-order chi connectivity index (χ1) is 28.0. The van der Waals surface area contributed by atoms with E-state index >= 15 is 4.39 Å². The number of rotatable bonds is 13. The number of nitrogens with zero attached hydrogens (tertiary/aromatic N) is 6. The van der Waals surface area contributed by atoms with Crippen LogP contribution in [0.4, 0.5) is 9.18 Å². The van der Waals surface area contributed by atoms with E-state index in [4.69, 9.17) is 0 Å². The van der Waals surface area contributed by atoms with Crippen LogP contribution >= 0.6 is 0 Å². The third-order valence-electron chi connectivity index (χ3n) is 11.8. The molecular weight excluding hydrogens is 736 g/mol. The van der Waals surface area contributed by atoms with Crippen LogP contribution in [0.25, 0.3) is 33.6 Å². The minimum absolute atomic E-state index is 0.0553. The summed E-state index contributed by atoms with van der Waals surface area (Å²) >= 11 is 0. The quantitative estimate of drug-likeness (QED) is 0.109. The van der Waals surface area contributed by atoms with Crippen molar-refractivity contribution in [3.63, 3.8) is 0 Å². The van der Waals surface area contributed by atoms with E-state index in [9.17, 15) is 19.5 Å². The van der Waals surface area contributed by atoms with Gasteiger partial charge in [-0.3, -0.25) is 19.4 Å². The summed E-state index contributed by atoms with van der Waals surface area (Å²) in [4.78, 5) is 62.6. The van der Waals surface area contributed by atoms with Crippen LogP contribution in [-0.2, 0) is 9.59 Å². The van der Waals surface area contributed by atoms with Gasteiger partial charge in [0.15, 0.2) is 0 Å². The number of hydrogen-bond donors (Lipinski definition) is 3. The molecule has 2 fully saturated rings. The molecule has 2 aliphatic rings. The highest BCUT2D eigenvalue weighted by atomic mass is 19.1. The molecule has 0 aliphatic carbocycles. The summed E-state index contributed by atoms with van der Waals surface area (Å²) in [5.74, 6) is 0.585. The highest BCUT2D eigenvalue weighted by Crippen LogP contribution is 2.37. The average molecular weight is 789 g/mol. The Bertz CT molecular complexity index is 2220. The van der Waals surface area contributed by atoms with Gasteiger partial charge in [-0.05, 0) is 79.1 Å². The highest BCUT2D eigenvalue weighted by Gasteiger charge is 2.40. The molecule has 12 nitrogen and oxygen atoms in total. The number of aromatic amines is 2. The SMILES string of the molecule is CCN(CC)C(C(=O)N1CCCC1c1ncc(-c2ccc(-c3ccc(-c4cnc([C@@H]5CCCN5C(=O)[C@H](C(C)C)N(C)C(=O)O)[nH]4)cc3)cc2F)[nH]1)c1ccccc1. The van der Waals surface area contributed by atoms with Gasteiger partial charge in [-0.1, -0.05) is 88.4 Å². The van der Waals surface area contributed by atoms with E-state index in [1.165, 1.54) is 13.1 Å². The van der Waals surface area contributed by atoms with Crippen LogP contribution in [0.2, 0.25) is 0 Å². The lowest BCUT2D eigenvalue weighted by atomic mass is 10.0. The summed E-state index contributed by atoms with van der Waals surface area (Å²) in [6, 6.07) is 21.2. The van der Waals surface area contributed by atoms with Gasteiger partial charge in [-0.25, -0.2) is 19.2 Å². The molecule has 3 aromatic carbocycles. The zero-order chi connectivity index (χ0) is 41.1. The van der Waals surface area contributed by atoms with Crippen molar-refractivity contribution in [3.05, 3.63) is 108 Å². The topological polar surface area (TPSA) is 142 Å². The predicted octanol–water partition coefficient (Wildman–Crippen LogP) is 8.32. The largest absolute Gasteiger partial charge is 0.465 e. The second-order valence-electron chi connectivity index (χ2n) is 15.6. The number of nitrogens with one attached hydrogen (secondary N) is 2. The minimum atomic E-state index is -1.14. The van der Waals surface area contributed by atoms with E-state index in [0.717, 1.165) is 71.6 Å². The molecule has 0 bridgehead atoms. The van der Waals surface area contributed by atoms with Crippen molar-refractivity contribution in [2.75, 3.05) is 33.2 Å². The van der Waals surface area contributed by atoms with Gasteiger partial charge < -0.3 is 24.9 Å². The maximum Gasteiger partial charge on any atom is 0.407 e. The Morgan fingerprint density at radius 3 is 1.91 bits per heavy atom. The molecular formula is C45H53FN8O4. The van der Waals surface area contributed by atoms with E-state index in [0.29, 0.717) is 36.0 Å². The van der Waals surface area contributed by atoms with E-state index in [1.807, 2.05) is 79.4 Å². The zero-order valence-corrected chi connectivity index (χ0v) is 33.9. The van der Waals surface area contributed by atoms with Crippen molar-refractivity contribution in [3.8, 4) is 33.6 Å². The second kappa shape index (κ2) is 17.4. The van der Waals surface area contributed by atoms with Crippen molar-refractivity contribution >= 4 is 17.9 Å². The lowest BCUT2D eigenvalue weighted by molar-refractivity contribution is -0.139. The van der Waals surface area contributed by atoms with Crippen LogP contribution in [0.5, 0.6) is 0 Å². The summed E-state index contributed by atoms with van der Waals surface area (Å²) in [7, 11) is 1.44. The molecule has 2 unspecified atom stereocenters. The number of carbonyl (C=O) groups is 3. The molecule has 58 heavy (non-hydrogen) atoms. The van der Waals surface area contributed by atoms with Crippen LogP contribution in [0.3, 0.4) is 0 Å². The first-order valence-electron chi connectivity index (χ1n) is 20.4. The van der Waals surface area contributed by atoms with Crippen molar-refractivity contribution in [2.45, 2.75) is 77.5 Å². The molecule has 13 heteroatoms. The number of amides is 3.